The number of carbonyl (C=O) groups is 1. The van der Waals surface area contributed by atoms with Gasteiger partial charge >= 0.3 is 0 Å². The van der Waals surface area contributed by atoms with Crippen LogP contribution in [-0.2, 0) is 6.54 Å². The van der Waals surface area contributed by atoms with Gasteiger partial charge in [0.25, 0.3) is 5.91 Å². The van der Waals surface area contributed by atoms with Crippen molar-refractivity contribution in [3.63, 3.8) is 0 Å². The highest BCUT2D eigenvalue weighted by molar-refractivity contribution is 7.09. The van der Waals surface area contributed by atoms with Gasteiger partial charge in [0.15, 0.2) is 11.5 Å². The van der Waals surface area contributed by atoms with E-state index in [-0.39, 0.29) is 5.91 Å². The number of amides is 1. The molecule has 1 aliphatic carbocycles. The highest BCUT2D eigenvalue weighted by Gasteiger charge is 2.23. The quantitative estimate of drug-likeness (QED) is 0.327. The fourth-order valence-corrected chi connectivity index (χ4v) is 4.59. The van der Waals surface area contributed by atoms with Crippen LogP contribution in [0.1, 0.15) is 28.1 Å². The van der Waals surface area contributed by atoms with Gasteiger partial charge in [-0.15, -0.1) is 11.3 Å². The molecule has 2 aromatic carbocycles. The van der Waals surface area contributed by atoms with Crippen molar-refractivity contribution >= 4 is 28.7 Å². The zero-order chi connectivity index (χ0) is 22.9. The van der Waals surface area contributed by atoms with Crippen LogP contribution in [0.3, 0.4) is 0 Å². The molecule has 0 unspecified atom stereocenters. The number of anilines is 1. The zero-order valence-electron chi connectivity index (χ0n) is 18.4. The molecule has 34 heavy (non-hydrogen) atoms. The number of nitrogens with one attached hydrogen (secondary N) is 2. The molecule has 0 aliphatic heterocycles. The Hall–Kier alpha value is -3.97. The van der Waals surface area contributed by atoms with Gasteiger partial charge in [-0.1, -0.05) is 48.5 Å². The van der Waals surface area contributed by atoms with E-state index in [1.807, 2.05) is 60.9 Å². The minimum Gasteiger partial charge on any atom is -0.362 e. The summed E-state index contributed by atoms with van der Waals surface area (Å²) < 4.78 is 2.07. The number of benzene rings is 2. The van der Waals surface area contributed by atoms with Crippen LogP contribution in [0.2, 0.25) is 0 Å². The van der Waals surface area contributed by atoms with Gasteiger partial charge in [-0.2, -0.15) is 0 Å². The summed E-state index contributed by atoms with van der Waals surface area (Å²) in [5.74, 6) is 0.726. The van der Waals surface area contributed by atoms with E-state index in [2.05, 4.69) is 38.6 Å². The number of hydrogen-bond acceptors (Lipinski definition) is 5. The molecular weight excluding hydrogens is 442 g/mol. The van der Waals surface area contributed by atoms with Crippen LogP contribution in [0.5, 0.6) is 0 Å². The lowest BCUT2D eigenvalue weighted by Gasteiger charge is -2.11. The average Bonchev–Trinajstić information content (AvgIpc) is 3.35. The summed E-state index contributed by atoms with van der Waals surface area (Å²) >= 11 is 1.71. The molecule has 0 bridgehead atoms. The van der Waals surface area contributed by atoms with E-state index in [1.165, 1.54) is 4.88 Å². The SMILES string of the molecule is O=C(NC1CC1)c1ccc(-c2cnc3c(NCc4cccs4)nc(-c4ccccc4)cn23)cc1. The maximum atomic E-state index is 12.4. The molecule has 3 heterocycles. The third-order valence-corrected chi connectivity index (χ3v) is 6.80. The van der Waals surface area contributed by atoms with Gasteiger partial charge < -0.3 is 10.6 Å². The minimum absolute atomic E-state index is 0.0113. The third-order valence-electron chi connectivity index (χ3n) is 5.93. The zero-order valence-corrected chi connectivity index (χ0v) is 19.3. The summed E-state index contributed by atoms with van der Waals surface area (Å²) in [4.78, 5) is 23.2. The van der Waals surface area contributed by atoms with Crippen molar-refractivity contribution in [2.75, 3.05) is 5.32 Å². The molecular formula is C27H23N5OS. The Kier molecular flexibility index (Phi) is 5.31. The van der Waals surface area contributed by atoms with Gasteiger partial charge in [-0.25, -0.2) is 9.97 Å². The number of rotatable bonds is 7. The van der Waals surface area contributed by atoms with Crippen LogP contribution < -0.4 is 10.6 Å². The predicted molar refractivity (Wildman–Crippen MR) is 136 cm³/mol. The van der Waals surface area contributed by atoms with Crippen LogP contribution in [0.15, 0.2) is 84.5 Å². The Morgan fingerprint density at radius 2 is 1.82 bits per heavy atom. The van der Waals surface area contributed by atoms with Crippen LogP contribution >= 0.6 is 11.3 Å². The summed E-state index contributed by atoms with van der Waals surface area (Å²) in [6, 6.07) is 22.4. The Morgan fingerprint density at radius 3 is 2.56 bits per heavy atom. The fourth-order valence-electron chi connectivity index (χ4n) is 3.94. The lowest BCUT2D eigenvalue weighted by Crippen LogP contribution is -2.25. The Bertz CT molecular complexity index is 1440. The summed E-state index contributed by atoms with van der Waals surface area (Å²) in [5.41, 5.74) is 5.28. The minimum atomic E-state index is -0.0113. The van der Waals surface area contributed by atoms with Crippen molar-refractivity contribution in [3.05, 3.63) is 94.9 Å². The standard InChI is InChI=1S/C27H23N5OS/c33-27(30-21-12-13-21)20-10-8-19(9-11-20)24-16-29-26-25(28-15-22-7-4-14-34-22)31-23(17-32(24)26)18-5-2-1-3-6-18/h1-11,14,16-17,21H,12-13,15H2,(H,28,31)(H,30,33). The Morgan fingerprint density at radius 1 is 1.00 bits per heavy atom. The highest BCUT2D eigenvalue weighted by atomic mass is 32.1. The van der Waals surface area contributed by atoms with Crippen LogP contribution in [0.25, 0.3) is 28.2 Å². The lowest BCUT2D eigenvalue weighted by molar-refractivity contribution is 0.0951. The molecule has 0 saturated heterocycles. The van der Waals surface area contributed by atoms with Crippen LogP contribution in [0, 0.1) is 0 Å². The highest BCUT2D eigenvalue weighted by Crippen LogP contribution is 2.28. The molecule has 5 aromatic rings. The van der Waals surface area contributed by atoms with Crippen LogP contribution in [-0.4, -0.2) is 26.3 Å². The Labute approximate surface area is 201 Å². The topological polar surface area (TPSA) is 71.3 Å². The second-order valence-corrected chi connectivity index (χ2v) is 9.47. The number of imidazole rings is 1. The molecule has 6 nitrogen and oxygen atoms in total. The van der Waals surface area contributed by atoms with Gasteiger partial charge in [0, 0.05) is 33.8 Å². The predicted octanol–water partition coefficient (Wildman–Crippen LogP) is 5.63. The molecule has 0 radical (unpaired) electrons. The van der Waals surface area contributed by atoms with Crippen molar-refractivity contribution in [3.8, 4) is 22.5 Å². The lowest BCUT2D eigenvalue weighted by atomic mass is 10.1. The van der Waals surface area contributed by atoms with Crippen molar-refractivity contribution in [2.45, 2.75) is 25.4 Å². The maximum Gasteiger partial charge on any atom is 0.251 e. The number of carbonyl (C=O) groups excluding carboxylic acids is 1. The summed E-state index contributed by atoms with van der Waals surface area (Å²) in [6.07, 6.45) is 6.04. The first kappa shape index (κ1) is 20.6. The summed E-state index contributed by atoms with van der Waals surface area (Å²) in [6.45, 7) is 0.686. The molecule has 1 aliphatic rings. The monoisotopic (exact) mass is 465 g/mol. The van der Waals surface area contributed by atoms with E-state index in [0.29, 0.717) is 18.2 Å². The first-order valence-electron chi connectivity index (χ1n) is 11.4. The number of thiophene rings is 1. The normalized spacial score (nSPS) is 13.2. The summed E-state index contributed by atoms with van der Waals surface area (Å²) in [7, 11) is 0. The second kappa shape index (κ2) is 8.76. The molecule has 7 heteroatoms. The number of fused-ring (bicyclic) bond motifs is 1. The number of aromatic nitrogens is 3. The third kappa shape index (κ3) is 4.18. The van der Waals surface area contributed by atoms with Gasteiger partial charge in [-0.3, -0.25) is 9.20 Å². The molecule has 6 rings (SSSR count). The van der Waals surface area contributed by atoms with Gasteiger partial charge in [-0.05, 0) is 36.4 Å². The molecule has 1 saturated carbocycles. The first-order chi connectivity index (χ1) is 16.7. The average molecular weight is 466 g/mol. The second-order valence-electron chi connectivity index (χ2n) is 8.44. The van der Waals surface area contributed by atoms with E-state index in [1.54, 1.807) is 11.3 Å². The van der Waals surface area contributed by atoms with E-state index >= 15 is 0 Å². The molecule has 1 amide bonds. The van der Waals surface area contributed by atoms with Gasteiger partial charge in [0.1, 0.15) is 0 Å². The first-order valence-corrected chi connectivity index (χ1v) is 12.2. The molecule has 2 N–H and O–H groups in total. The van der Waals surface area contributed by atoms with E-state index in [4.69, 9.17) is 9.97 Å². The molecule has 168 valence electrons. The molecule has 3 aromatic heterocycles. The fraction of sp³-hybridized carbons (Fsp3) is 0.148. The van der Waals surface area contributed by atoms with Crippen molar-refractivity contribution in [1.82, 2.24) is 19.7 Å². The van der Waals surface area contributed by atoms with Crippen molar-refractivity contribution < 1.29 is 4.79 Å². The molecule has 0 atom stereocenters. The smallest absolute Gasteiger partial charge is 0.251 e. The number of nitrogens with zero attached hydrogens (tertiary/aromatic N) is 3. The molecule has 0 spiro atoms. The molecule has 1 fully saturated rings. The van der Waals surface area contributed by atoms with E-state index in [0.717, 1.165) is 46.8 Å². The Balaban J connectivity index is 1.38. The van der Waals surface area contributed by atoms with Gasteiger partial charge in [0.2, 0.25) is 0 Å². The number of hydrogen-bond donors (Lipinski definition) is 2. The van der Waals surface area contributed by atoms with E-state index < -0.39 is 0 Å². The largest absolute Gasteiger partial charge is 0.362 e. The summed E-state index contributed by atoms with van der Waals surface area (Å²) in [5, 5.41) is 8.59. The van der Waals surface area contributed by atoms with Crippen molar-refractivity contribution in [2.24, 2.45) is 0 Å². The van der Waals surface area contributed by atoms with Crippen LogP contribution in [0.4, 0.5) is 5.82 Å². The van der Waals surface area contributed by atoms with E-state index in [9.17, 15) is 4.79 Å². The van der Waals surface area contributed by atoms with Crippen molar-refractivity contribution in [1.29, 1.82) is 0 Å². The maximum absolute atomic E-state index is 12.4. The van der Waals surface area contributed by atoms with Gasteiger partial charge in [0.05, 0.1) is 24.1 Å².